The van der Waals surface area contributed by atoms with Gasteiger partial charge in [-0.2, -0.15) is 0 Å². The molecular formula is C34H36N6O2S2. The summed E-state index contributed by atoms with van der Waals surface area (Å²) in [5.41, 5.74) is 12.9. The van der Waals surface area contributed by atoms with E-state index in [0.29, 0.717) is 0 Å². The van der Waals surface area contributed by atoms with Crippen LogP contribution in [0.4, 0.5) is 22.7 Å². The number of fused-ring (bicyclic) bond motifs is 2. The average molecular weight is 625 g/mol. The Morgan fingerprint density at radius 2 is 1.18 bits per heavy atom. The van der Waals surface area contributed by atoms with Gasteiger partial charge < -0.3 is 16.4 Å². The van der Waals surface area contributed by atoms with Crippen molar-refractivity contribution in [2.75, 3.05) is 29.5 Å². The average Bonchev–Trinajstić information content (AvgIpc) is 3.66. The van der Waals surface area contributed by atoms with Crippen molar-refractivity contribution in [3.63, 3.8) is 0 Å². The van der Waals surface area contributed by atoms with Crippen LogP contribution in [-0.2, 0) is 0 Å². The van der Waals surface area contributed by atoms with Gasteiger partial charge in [-0.1, -0.05) is 26.7 Å². The zero-order valence-electron chi connectivity index (χ0n) is 24.9. The number of aromatic nitrogens is 2. The van der Waals surface area contributed by atoms with Crippen molar-refractivity contribution in [2.45, 2.75) is 39.5 Å². The van der Waals surface area contributed by atoms with Gasteiger partial charge in [-0.25, -0.2) is 9.97 Å². The molecule has 4 N–H and O–H groups in total. The van der Waals surface area contributed by atoms with E-state index < -0.39 is 0 Å². The highest BCUT2D eigenvalue weighted by Crippen LogP contribution is 2.33. The lowest BCUT2D eigenvalue weighted by atomic mass is 10.2. The van der Waals surface area contributed by atoms with Crippen LogP contribution in [-0.4, -0.2) is 28.0 Å². The fourth-order valence-electron chi connectivity index (χ4n) is 4.50. The summed E-state index contributed by atoms with van der Waals surface area (Å²) in [7, 11) is 0. The van der Waals surface area contributed by atoms with E-state index in [-0.39, 0.29) is 10.6 Å². The third kappa shape index (κ3) is 7.89. The van der Waals surface area contributed by atoms with Gasteiger partial charge in [0.1, 0.15) is 10.0 Å². The highest BCUT2D eigenvalue weighted by Gasteiger charge is 2.11. The molecule has 0 spiro atoms. The number of non-ortho nitro benzene ring substituents is 1. The Balaban J connectivity index is 0.000000175. The topological polar surface area (TPSA) is 119 Å². The Hall–Kier alpha value is -4.54. The van der Waals surface area contributed by atoms with Gasteiger partial charge >= 0.3 is 0 Å². The molecule has 0 aliphatic heterocycles. The summed E-state index contributed by atoms with van der Waals surface area (Å²) in [5, 5.41) is 19.6. The van der Waals surface area contributed by atoms with Gasteiger partial charge in [-0.05, 0) is 85.6 Å². The van der Waals surface area contributed by atoms with Crippen molar-refractivity contribution in [3.8, 4) is 21.1 Å². The highest BCUT2D eigenvalue weighted by atomic mass is 32.1. The molecule has 6 aromatic rings. The van der Waals surface area contributed by atoms with Crippen LogP contribution in [0.25, 0.3) is 41.6 Å². The molecule has 0 radical (unpaired) electrons. The molecule has 8 nitrogen and oxygen atoms in total. The molecule has 2 aromatic heterocycles. The number of nitrogens with zero attached hydrogens (tertiary/aromatic N) is 3. The number of rotatable bonds is 11. The van der Waals surface area contributed by atoms with E-state index in [0.717, 1.165) is 78.1 Å². The maximum absolute atomic E-state index is 10.8. The number of thiazole rings is 2. The summed E-state index contributed by atoms with van der Waals surface area (Å²) >= 11 is 3.15. The summed E-state index contributed by atoms with van der Waals surface area (Å²) in [5.74, 6) is 0. The van der Waals surface area contributed by atoms with Crippen molar-refractivity contribution in [1.29, 1.82) is 0 Å². The number of hydrogen-bond acceptors (Lipinski definition) is 9. The van der Waals surface area contributed by atoms with Crippen LogP contribution in [0.15, 0.2) is 84.9 Å². The quantitative estimate of drug-likeness (QED) is 0.0568. The predicted molar refractivity (Wildman–Crippen MR) is 188 cm³/mol. The van der Waals surface area contributed by atoms with Crippen LogP contribution in [0.1, 0.15) is 39.5 Å². The Morgan fingerprint density at radius 3 is 1.66 bits per heavy atom. The molecule has 0 bridgehead atoms. The Morgan fingerprint density at radius 1 is 0.705 bits per heavy atom. The Labute approximate surface area is 265 Å². The number of nitro benzene ring substituents is 1. The molecule has 0 fully saturated rings. The molecular weight excluding hydrogens is 589 g/mol. The number of nitrogens with one attached hydrogen (secondary N) is 2. The molecule has 226 valence electrons. The van der Waals surface area contributed by atoms with Crippen LogP contribution in [0.3, 0.4) is 0 Å². The van der Waals surface area contributed by atoms with E-state index in [1.807, 2.05) is 42.5 Å². The number of nitrogen functional groups attached to an aromatic ring is 1. The Kier molecular flexibility index (Phi) is 10.4. The zero-order chi connectivity index (χ0) is 30.9. The monoisotopic (exact) mass is 624 g/mol. The summed E-state index contributed by atoms with van der Waals surface area (Å²) in [6.45, 7) is 6.36. The van der Waals surface area contributed by atoms with Crippen molar-refractivity contribution in [1.82, 2.24) is 9.97 Å². The second-order valence-electron chi connectivity index (χ2n) is 10.4. The highest BCUT2D eigenvalue weighted by molar-refractivity contribution is 7.22. The van der Waals surface area contributed by atoms with Crippen molar-refractivity contribution < 1.29 is 4.92 Å². The lowest BCUT2D eigenvalue weighted by Crippen LogP contribution is -2.00. The van der Waals surface area contributed by atoms with E-state index in [2.05, 4.69) is 58.7 Å². The first-order valence-corrected chi connectivity index (χ1v) is 16.5. The number of benzene rings is 4. The van der Waals surface area contributed by atoms with Gasteiger partial charge in [-0.15, -0.1) is 22.7 Å². The van der Waals surface area contributed by atoms with E-state index >= 15 is 0 Å². The molecule has 0 aliphatic carbocycles. The van der Waals surface area contributed by atoms with Gasteiger partial charge in [0, 0.05) is 53.4 Å². The first-order chi connectivity index (χ1) is 21.4. The maximum atomic E-state index is 10.8. The Bertz CT molecular complexity index is 1830. The normalized spacial score (nSPS) is 10.9. The molecule has 0 saturated heterocycles. The number of nitrogens with two attached hydrogens (primary N) is 1. The third-order valence-electron chi connectivity index (χ3n) is 6.98. The molecule has 0 amide bonds. The minimum atomic E-state index is -0.379. The van der Waals surface area contributed by atoms with E-state index in [1.54, 1.807) is 23.5 Å². The van der Waals surface area contributed by atoms with Gasteiger partial charge in [0.2, 0.25) is 0 Å². The second kappa shape index (κ2) is 14.8. The maximum Gasteiger partial charge on any atom is 0.270 e. The second-order valence-corrected chi connectivity index (χ2v) is 12.5. The van der Waals surface area contributed by atoms with Crippen LogP contribution < -0.4 is 16.4 Å². The smallest absolute Gasteiger partial charge is 0.270 e. The summed E-state index contributed by atoms with van der Waals surface area (Å²) in [6, 6.07) is 27.2. The van der Waals surface area contributed by atoms with Crippen LogP contribution in [0.2, 0.25) is 0 Å². The molecule has 44 heavy (non-hydrogen) atoms. The summed E-state index contributed by atoms with van der Waals surface area (Å²) in [4.78, 5) is 19.7. The summed E-state index contributed by atoms with van der Waals surface area (Å²) in [6.07, 6.45) is 4.72. The van der Waals surface area contributed by atoms with Gasteiger partial charge in [-0.3, -0.25) is 10.1 Å². The first-order valence-electron chi connectivity index (χ1n) is 14.8. The lowest BCUT2D eigenvalue weighted by Gasteiger charge is -2.05. The predicted octanol–water partition coefficient (Wildman–Crippen LogP) is 9.84. The number of nitro groups is 1. The molecule has 4 aromatic carbocycles. The van der Waals surface area contributed by atoms with E-state index in [9.17, 15) is 10.1 Å². The fraction of sp³-hybridized carbons (Fsp3) is 0.235. The minimum Gasteiger partial charge on any atom is -0.399 e. The number of hydrogen-bond donors (Lipinski definition) is 3. The van der Waals surface area contributed by atoms with Crippen LogP contribution >= 0.6 is 22.7 Å². The zero-order valence-corrected chi connectivity index (χ0v) is 26.5. The molecule has 2 heterocycles. The molecule has 0 aliphatic rings. The van der Waals surface area contributed by atoms with Crippen molar-refractivity contribution in [2.24, 2.45) is 0 Å². The lowest BCUT2D eigenvalue weighted by molar-refractivity contribution is -0.384. The summed E-state index contributed by atoms with van der Waals surface area (Å²) < 4.78 is 1.97. The largest absolute Gasteiger partial charge is 0.399 e. The number of anilines is 3. The first kappa shape index (κ1) is 30.9. The van der Waals surface area contributed by atoms with E-state index in [4.69, 9.17) is 5.73 Å². The molecule has 10 heteroatoms. The van der Waals surface area contributed by atoms with Gasteiger partial charge in [0.05, 0.1) is 25.4 Å². The fourth-order valence-corrected chi connectivity index (χ4v) is 6.52. The minimum absolute atomic E-state index is 0.100. The van der Waals surface area contributed by atoms with E-state index in [1.165, 1.54) is 36.7 Å². The molecule has 0 saturated carbocycles. The van der Waals surface area contributed by atoms with Crippen molar-refractivity contribution in [3.05, 3.63) is 95.0 Å². The SMILES string of the molecule is CCCCNc1ccc(-c2nc3ccc(N)cc3s2)cc1.CCCCNc1ccc(-c2nc3ccc([N+](=O)[O-])cc3s2)cc1. The van der Waals surface area contributed by atoms with Gasteiger partial charge in [0.25, 0.3) is 5.69 Å². The van der Waals surface area contributed by atoms with Crippen LogP contribution in [0, 0.1) is 10.1 Å². The molecule has 6 rings (SSSR count). The third-order valence-corrected chi connectivity index (χ3v) is 9.11. The standard InChI is InChI=1S/C17H17N3O2S.C17H19N3S/c1-2-3-10-18-13-6-4-12(5-7-13)17-19-15-9-8-14(20(21)22)11-16(15)23-17;1-2-3-10-19-14-7-4-12(5-8-14)17-20-15-9-6-13(18)11-16(15)21-17/h4-9,11,18H,2-3,10H2,1H3;4-9,11,19H,2-3,10,18H2,1H3. The van der Waals surface area contributed by atoms with Gasteiger partial charge in [0.15, 0.2) is 0 Å². The van der Waals surface area contributed by atoms with Crippen LogP contribution in [0.5, 0.6) is 0 Å². The molecule has 0 atom stereocenters. The molecule has 0 unspecified atom stereocenters. The number of unbranched alkanes of at least 4 members (excludes halogenated alkanes) is 2. The van der Waals surface area contributed by atoms with Crippen molar-refractivity contribution >= 4 is 65.9 Å².